The van der Waals surface area contributed by atoms with Crippen LogP contribution in [0.4, 0.5) is 0 Å². The fourth-order valence-electron chi connectivity index (χ4n) is 6.33. The summed E-state index contributed by atoms with van der Waals surface area (Å²) in [5.74, 6) is 0.967. The van der Waals surface area contributed by atoms with E-state index in [-0.39, 0.29) is 11.8 Å². The maximum Gasteiger partial charge on any atom is 0.141 e. The van der Waals surface area contributed by atoms with Crippen molar-refractivity contribution in [3.63, 3.8) is 0 Å². The molecule has 0 aliphatic rings. The van der Waals surface area contributed by atoms with E-state index in [2.05, 4.69) is 51.8 Å². The molecule has 0 fully saturated rings. The van der Waals surface area contributed by atoms with E-state index in [1.165, 1.54) is 154 Å². The summed E-state index contributed by atoms with van der Waals surface area (Å²) in [5, 5.41) is 0. The van der Waals surface area contributed by atoms with E-state index in [1.54, 1.807) is 0 Å². The zero-order valence-electron chi connectivity index (χ0n) is 28.8. The lowest BCUT2D eigenvalue weighted by molar-refractivity contribution is -0.128. The molecule has 0 aliphatic heterocycles. The molecule has 2 unspecified atom stereocenters. The van der Waals surface area contributed by atoms with Gasteiger partial charge in [-0.05, 0) is 41.0 Å². The fourth-order valence-corrected chi connectivity index (χ4v) is 6.33. The summed E-state index contributed by atoms with van der Waals surface area (Å²) in [5.41, 5.74) is 0. The van der Waals surface area contributed by atoms with E-state index in [9.17, 15) is 4.79 Å². The maximum absolute atomic E-state index is 13.7. The van der Waals surface area contributed by atoms with Gasteiger partial charge in [0.15, 0.2) is 0 Å². The van der Waals surface area contributed by atoms with Gasteiger partial charge in [-0.2, -0.15) is 0 Å². The molecule has 3 heteroatoms. The summed E-state index contributed by atoms with van der Waals surface area (Å²) in [6, 6.07) is 0. The van der Waals surface area contributed by atoms with Gasteiger partial charge in [-0.25, -0.2) is 0 Å². The van der Waals surface area contributed by atoms with E-state index in [1.807, 2.05) is 0 Å². The average Bonchev–Trinajstić information content (AvgIpc) is 2.92. The Morgan fingerprint density at radius 2 is 0.625 bits per heavy atom. The summed E-state index contributed by atoms with van der Waals surface area (Å²) in [4.78, 5) is 18.2. The lowest BCUT2D eigenvalue weighted by Gasteiger charge is -2.27. The molecular formula is C37H76N2O. The predicted octanol–water partition coefficient (Wildman–Crippen LogP) is 11.1. The van der Waals surface area contributed by atoms with Gasteiger partial charge in [-0.1, -0.05) is 168 Å². The molecule has 0 rings (SSSR count). The molecule has 0 saturated heterocycles. The first kappa shape index (κ1) is 39.6. The van der Waals surface area contributed by atoms with Crippen LogP contribution in [-0.4, -0.2) is 56.9 Å². The van der Waals surface area contributed by atoms with Crippen LogP contribution >= 0.6 is 0 Å². The largest absolute Gasteiger partial charge is 0.309 e. The van der Waals surface area contributed by atoms with E-state index in [0.29, 0.717) is 5.78 Å². The molecule has 0 saturated carbocycles. The van der Waals surface area contributed by atoms with Crippen LogP contribution in [0.3, 0.4) is 0 Å². The van der Waals surface area contributed by atoms with Crippen molar-refractivity contribution in [2.24, 2.45) is 11.8 Å². The molecule has 0 bridgehead atoms. The molecule has 3 nitrogen and oxygen atoms in total. The summed E-state index contributed by atoms with van der Waals surface area (Å²) in [6.45, 7) is 6.42. The normalized spacial score (nSPS) is 13.4. The third-order valence-corrected chi connectivity index (χ3v) is 8.79. The molecule has 0 aromatic rings. The van der Waals surface area contributed by atoms with Crippen molar-refractivity contribution in [2.75, 3.05) is 41.3 Å². The molecule has 0 radical (unpaired) electrons. The number of rotatable bonds is 32. The van der Waals surface area contributed by atoms with Crippen molar-refractivity contribution in [1.82, 2.24) is 9.80 Å². The highest BCUT2D eigenvalue weighted by atomic mass is 16.1. The molecule has 0 amide bonds. The van der Waals surface area contributed by atoms with Crippen LogP contribution in [-0.2, 0) is 4.79 Å². The van der Waals surface area contributed by atoms with Crippen molar-refractivity contribution in [3.05, 3.63) is 0 Å². The molecule has 0 aromatic heterocycles. The van der Waals surface area contributed by atoms with Crippen LogP contribution in [0.1, 0.15) is 181 Å². The predicted molar refractivity (Wildman–Crippen MR) is 180 cm³/mol. The van der Waals surface area contributed by atoms with Crippen LogP contribution in [0, 0.1) is 11.8 Å². The standard InChI is InChI=1S/C37H76N2O/c1-7-9-11-13-15-17-19-21-23-25-27-29-31-35(33-38(3)4)37(40)36(34-39(5)6)32-30-28-26-24-22-20-18-16-14-12-10-8-2/h35-36H,7-34H2,1-6H3. The molecule has 0 heterocycles. The first-order valence-corrected chi connectivity index (χ1v) is 18.2. The number of unbranched alkanes of at least 4 members (excludes halogenated alkanes) is 22. The lowest BCUT2D eigenvalue weighted by atomic mass is 9.85. The Hall–Kier alpha value is -0.410. The highest BCUT2D eigenvalue weighted by Crippen LogP contribution is 2.23. The zero-order chi connectivity index (χ0) is 29.7. The summed E-state index contributed by atoms with van der Waals surface area (Å²) in [6.07, 6.45) is 35.2. The van der Waals surface area contributed by atoms with Crippen LogP contribution in [0.15, 0.2) is 0 Å². The lowest BCUT2D eigenvalue weighted by Crippen LogP contribution is -2.36. The number of hydrogen-bond acceptors (Lipinski definition) is 3. The van der Waals surface area contributed by atoms with E-state index in [4.69, 9.17) is 0 Å². The summed E-state index contributed by atoms with van der Waals surface area (Å²) in [7, 11) is 8.53. The van der Waals surface area contributed by atoms with Gasteiger partial charge in [0.1, 0.15) is 5.78 Å². The highest BCUT2D eigenvalue weighted by Gasteiger charge is 2.27. The third kappa shape index (κ3) is 26.5. The second-order valence-corrected chi connectivity index (χ2v) is 13.7. The van der Waals surface area contributed by atoms with Crippen molar-refractivity contribution < 1.29 is 4.79 Å². The van der Waals surface area contributed by atoms with Gasteiger partial charge in [-0.3, -0.25) is 4.79 Å². The van der Waals surface area contributed by atoms with Crippen LogP contribution in [0.25, 0.3) is 0 Å². The molecule has 0 spiro atoms. The highest BCUT2D eigenvalue weighted by molar-refractivity contribution is 5.83. The number of carbonyl (C=O) groups excluding carboxylic acids is 1. The van der Waals surface area contributed by atoms with Gasteiger partial charge in [0.25, 0.3) is 0 Å². The second-order valence-electron chi connectivity index (χ2n) is 13.7. The van der Waals surface area contributed by atoms with Crippen LogP contribution in [0.2, 0.25) is 0 Å². The summed E-state index contributed by atoms with van der Waals surface area (Å²) >= 11 is 0. The average molecular weight is 565 g/mol. The van der Waals surface area contributed by atoms with Crippen molar-refractivity contribution in [2.45, 2.75) is 181 Å². The van der Waals surface area contributed by atoms with Crippen molar-refractivity contribution >= 4 is 5.78 Å². The second kappa shape index (κ2) is 30.1. The number of hydrogen-bond donors (Lipinski definition) is 0. The monoisotopic (exact) mass is 565 g/mol. The third-order valence-electron chi connectivity index (χ3n) is 8.79. The molecule has 240 valence electrons. The zero-order valence-corrected chi connectivity index (χ0v) is 28.8. The number of ketones is 1. The topological polar surface area (TPSA) is 23.6 Å². The maximum atomic E-state index is 13.7. The minimum absolute atomic E-state index is 0.209. The quantitative estimate of drug-likeness (QED) is 0.0759. The van der Waals surface area contributed by atoms with Gasteiger partial charge in [0.05, 0.1) is 0 Å². The van der Waals surface area contributed by atoms with Gasteiger partial charge in [0, 0.05) is 24.9 Å². The van der Waals surface area contributed by atoms with Crippen LogP contribution < -0.4 is 0 Å². The Morgan fingerprint density at radius 1 is 0.400 bits per heavy atom. The first-order valence-electron chi connectivity index (χ1n) is 18.2. The summed E-state index contributed by atoms with van der Waals surface area (Å²) < 4.78 is 0. The smallest absolute Gasteiger partial charge is 0.141 e. The Balaban J connectivity index is 4.22. The molecule has 0 aliphatic carbocycles. The van der Waals surface area contributed by atoms with Gasteiger partial charge in [-0.15, -0.1) is 0 Å². The first-order chi connectivity index (χ1) is 19.4. The molecule has 0 N–H and O–H groups in total. The fraction of sp³-hybridized carbons (Fsp3) is 0.973. The number of carbonyl (C=O) groups is 1. The number of Topliss-reactive ketones (excluding diaryl/α,β-unsaturated/α-hetero) is 1. The van der Waals surface area contributed by atoms with E-state index >= 15 is 0 Å². The van der Waals surface area contributed by atoms with Gasteiger partial charge in [0.2, 0.25) is 0 Å². The number of nitrogens with zero attached hydrogens (tertiary/aromatic N) is 2. The van der Waals surface area contributed by atoms with E-state index in [0.717, 1.165) is 25.9 Å². The van der Waals surface area contributed by atoms with Crippen molar-refractivity contribution in [3.8, 4) is 0 Å². The molecule has 0 aromatic carbocycles. The van der Waals surface area contributed by atoms with Gasteiger partial charge >= 0.3 is 0 Å². The van der Waals surface area contributed by atoms with E-state index < -0.39 is 0 Å². The molecular weight excluding hydrogens is 488 g/mol. The SMILES string of the molecule is CCCCCCCCCCCCCCC(CN(C)C)C(=O)C(CCCCCCCCCCCCCC)CN(C)C. The Labute approximate surface area is 254 Å². The Morgan fingerprint density at radius 3 is 0.850 bits per heavy atom. The molecule has 40 heavy (non-hydrogen) atoms. The van der Waals surface area contributed by atoms with Gasteiger partial charge < -0.3 is 9.80 Å². The van der Waals surface area contributed by atoms with Crippen molar-refractivity contribution in [1.29, 1.82) is 0 Å². The Bertz CT molecular complexity index is 474. The van der Waals surface area contributed by atoms with Crippen LogP contribution in [0.5, 0.6) is 0 Å². The minimum Gasteiger partial charge on any atom is -0.309 e. The minimum atomic E-state index is 0.209. The molecule has 2 atom stereocenters. The Kier molecular flexibility index (Phi) is 29.8.